The molecule has 1 aromatic carbocycles. The SMILES string of the molecule is CCOC(=O)c1cc(C(F)F)ccc1CC(C)=O. The first-order chi connectivity index (χ1) is 8.45. The lowest BCUT2D eigenvalue weighted by atomic mass is 10.00. The number of ketones is 1. The number of hydrogen-bond acceptors (Lipinski definition) is 3. The summed E-state index contributed by atoms with van der Waals surface area (Å²) < 4.78 is 29.9. The van der Waals surface area contributed by atoms with E-state index in [0.717, 1.165) is 6.07 Å². The van der Waals surface area contributed by atoms with Gasteiger partial charge in [-0.15, -0.1) is 0 Å². The molecule has 0 aromatic heterocycles. The normalized spacial score (nSPS) is 10.5. The van der Waals surface area contributed by atoms with Crippen molar-refractivity contribution in [3.8, 4) is 0 Å². The molecule has 98 valence electrons. The molecule has 0 saturated carbocycles. The van der Waals surface area contributed by atoms with Crippen molar-refractivity contribution >= 4 is 11.8 Å². The number of hydrogen-bond donors (Lipinski definition) is 0. The van der Waals surface area contributed by atoms with E-state index in [1.54, 1.807) is 6.92 Å². The summed E-state index contributed by atoms with van der Waals surface area (Å²) in [6, 6.07) is 3.67. The Kier molecular flexibility index (Phi) is 4.95. The number of benzene rings is 1. The fourth-order valence-corrected chi connectivity index (χ4v) is 1.55. The van der Waals surface area contributed by atoms with Crippen LogP contribution in [0.5, 0.6) is 0 Å². The van der Waals surface area contributed by atoms with Gasteiger partial charge in [-0.2, -0.15) is 0 Å². The van der Waals surface area contributed by atoms with Crippen molar-refractivity contribution in [3.05, 3.63) is 34.9 Å². The van der Waals surface area contributed by atoms with Crippen LogP contribution >= 0.6 is 0 Å². The topological polar surface area (TPSA) is 43.4 Å². The second-order valence-corrected chi connectivity index (χ2v) is 3.82. The Morgan fingerprint density at radius 2 is 2.00 bits per heavy atom. The van der Waals surface area contributed by atoms with Crippen molar-refractivity contribution < 1.29 is 23.1 Å². The van der Waals surface area contributed by atoms with Crippen LogP contribution in [-0.4, -0.2) is 18.4 Å². The number of Topliss-reactive ketones (excluding diaryl/α,β-unsaturated/α-hetero) is 1. The van der Waals surface area contributed by atoms with Crippen molar-refractivity contribution in [2.45, 2.75) is 26.7 Å². The second-order valence-electron chi connectivity index (χ2n) is 3.82. The van der Waals surface area contributed by atoms with Crippen LogP contribution in [0.1, 0.15) is 41.8 Å². The van der Waals surface area contributed by atoms with Gasteiger partial charge in [-0.3, -0.25) is 4.79 Å². The monoisotopic (exact) mass is 256 g/mol. The van der Waals surface area contributed by atoms with Gasteiger partial charge < -0.3 is 4.74 Å². The number of halogens is 2. The third-order valence-corrected chi connectivity index (χ3v) is 2.32. The number of carbonyl (C=O) groups excluding carboxylic acids is 2. The van der Waals surface area contributed by atoms with E-state index >= 15 is 0 Å². The largest absolute Gasteiger partial charge is 0.462 e. The predicted molar refractivity (Wildman–Crippen MR) is 61.7 cm³/mol. The fraction of sp³-hybridized carbons (Fsp3) is 0.385. The quantitative estimate of drug-likeness (QED) is 0.761. The molecule has 1 aromatic rings. The van der Waals surface area contributed by atoms with E-state index in [1.807, 2.05) is 0 Å². The Labute approximate surface area is 104 Å². The predicted octanol–water partition coefficient (Wildman–Crippen LogP) is 2.93. The number of carbonyl (C=O) groups is 2. The van der Waals surface area contributed by atoms with E-state index < -0.39 is 12.4 Å². The van der Waals surface area contributed by atoms with Crippen LogP contribution in [0.15, 0.2) is 18.2 Å². The molecule has 0 radical (unpaired) electrons. The standard InChI is InChI=1S/C13H14F2O3/c1-3-18-13(17)11-7-10(12(14)15)5-4-9(11)6-8(2)16/h4-5,7,12H,3,6H2,1-2H3. The van der Waals surface area contributed by atoms with Gasteiger partial charge in [0.15, 0.2) is 0 Å². The van der Waals surface area contributed by atoms with Crippen LogP contribution in [0, 0.1) is 0 Å². The average molecular weight is 256 g/mol. The van der Waals surface area contributed by atoms with Crippen molar-refractivity contribution in [3.63, 3.8) is 0 Å². The molecule has 0 saturated heterocycles. The minimum Gasteiger partial charge on any atom is -0.462 e. The molecular formula is C13H14F2O3. The van der Waals surface area contributed by atoms with Crippen LogP contribution in [0.25, 0.3) is 0 Å². The van der Waals surface area contributed by atoms with E-state index in [-0.39, 0.29) is 29.9 Å². The minimum atomic E-state index is -2.66. The average Bonchev–Trinajstić information content (AvgIpc) is 2.28. The highest BCUT2D eigenvalue weighted by molar-refractivity contribution is 5.93. The Balaban J connectivity index is 3.17. The summed E-state index contributed by atoms with van der Waals surface area (Å²) in [6.45, 7) is 3.15. The third-order valence-electron chi connectivity index (χ3n) is 2.32. The number of rotatable bonds is 5. The Morgan fingerprint density at radius 3 is 2.50 bits per heavy atom. The molecule has 0 fully saturated rings. The molecule has 0 bridgehead atoms. The van der Waals surface area contributed by atoms with E-state index in [4.69, 9.17) is 4.74 Å². The zero-order valence-electron chi connectivity index (χ0n) is 10.2. The van der Waals surface area contributed by atoms with Gasteiger partial charge in [0, 0.05) is 12.0 Å². The first-order valence-electron chi connectivity index (χ1n) is 5.53. The molecule has 1 rings (SSSR count). The van der Waals surface area contributed by atoms with Crippen LogP contribution in [0.3, 0.4) is 0 Å². The van der Waals surface area contributed by atoms with Crippen molar-refractivity contribution in [1.82, 2.24) is 0 Å². The molecule has 0 atom stereocenters. The molecule has 18 heavy (non-hydrogen) atoms. The number of ether oxygens (including phenoxy) is 1. The first-order valence-corrected chi connectivity index (χ1v) is 5.53. The van der Waals surface area contributed by atoms with Gasteiger partial charge >= 0.3 is 5.97 Å². The van der Waals surface area contributed by atoms with Gasteiger partial charge in [0.05, 0.1) is 12.2 Å². The first kappa shape index (κ1) is 14.3. The van der Waals surface area contributed by atoms with Crippen molar-refractivity contribution in [2.75, 3.05) is 6.61 Å². The summed E-state index contributed by atoms with van der Waals surface area (Å²) in [4.78, 5) is 22.7. The lowest BCUT2D eigenvalue weighted by Crippen LogP contribution is -2.11. The van der Waals surface area contributed by atoms with Crippen LogP contribution in [-0.2, 0) is 16.0 Å². The van der Waals surface area contributed by atoms with Crippen molar-refractivity contribution in [1.29, 1.82) is 0 Å². The molecule has 3 nitrogen and oxygen atoms in total. The van der Waals surface area contributed by atoms with Crippen LogP contribution in [0.4, 0.5) is 8.78 Å². The summed E-state index contributed by atoms with van der Waals surface area (Å²) in [5.41, 5.74) is 0.181. The Hall–Kier alpha value is -1.78. The van der Waals surface area contributed by atoms with Gasteiger partial charge in [0.2, 0.25) is 0 Å². The zero-order valence-corrected chi connectivity index (χ0v) is 10.2. The molecule has 0 amide bonds. The van der Waals surface area contributed by atoms with Crippen molar-refractivity contribution in [2.24, 2.45) is 0 Å². The molecule has 5 heteroatoms. The molecule has 0 N–H and O–H groups in total. The van der Waals surface area contributed by atoms with E-state index in [1.165, 1.54) is 19.1 Å². The lowest BCUT2D eigenvalue weighted by Gasteiger charge is -2.09. The van der Waals surface area contributed by atoms with Gasteiger partial charge in [-0.25, -0.2) is 13.6 Å². The van der Waals surface area contributed by atoms with E-state index in [9.17, 15) is 18.4 Å². The molecular weight excluding hydrogens is 242 g/mol. The molecule has 0 spiro atoms. The number of alkyl halides is 2. The number of esters is 1. The highest BCUT2D eigenvalue weighted by atomic mass is 19.3. The summed E-state index contributed by atoms with van der Waals surface area (Å²) in [5, 5.41) is 0. The molecule has 0 aliphatic rings. The third kappa shape index (κ3) is 3.61. The van der Waals surface area contributed by atoms with Gasteiger partial charge in [-0.05, 0) is 25.5 Å². The van der Waals surface area contributed by atoms with E-state index in [0.29, 0.717) is 5.56 Å². The Bertz CT molecular complexity index is 456. The summed E-state index contributed by atoms with van der Waals surface area (Å²) >= 11 is 0. The van der Waals surface area contributed by atoms with E-state index in [2.05, 4.69) is 0 Å². The summed E-state index contributed by atoms with van der Waals surface area (Å²) in [7, 11) is 0. The molecule has 0 aliphatic carbocycles. The van der Waals surface area contributed by atoms with Crippen LogP contribution in [0.2, 0.25) is 0 Å². The molecule has 0 unspecified atom stereocenters. The summed E-state index contributed by atoms with van der Waals surface area (Å²) in [6.07, 6.45) is -2.64. The lowest BCUT2D eigenvalue weighted by molar-refractivity contribution is -0.116. The maximum absolute atomic E-state index is 12.6. The Morgan fingerprint density at radius 1 is 1.33 bits per heavy atom. The molecule has 0 aliphatic heterocycles. The minimum absolute atomic E-state index is 0.0255. The summed E-state index contributed by atoms with van der Waals surface area (Å²) in [5.74, 6) is -0.832. The highest BCUT2D eigenvalue weighted by Gasteiger charge is 2.17. The van der Waals surface area contributed by atoms with Gasteiger partial charge in [0.25, 0.3) is 6.43 Å². The maximum atomic E-state index is 12.6. The van der Waals surface area contributed by atoms with Crippen LogP contribution < -0.4 is 0 Å². The fourth-order valence-electron chi connectivity index (χ4n) is 1.55. The second kappa shape index (κ2) is 6.23. The smallest absolute Gasteiger partial charge is 0.338 e. The maximum Gasteiger partial charge on any atom is 0.338 e. The molecule has 0 heterocycles. The zero-order chi connectivity index (χ0) is 13.7. The van der Waals surface area contributed by atoms with Gasteiger partial charge in [0.1, 0.15) is 5.78 Å². The highest BCUT2D eigenvalue weighted by Crippen LogP contribution is 2.23. The van der Waals surface area contributed by atoms with Gasteiger partial charge in [-0.1, -0.05) is 12.1 Å².